The zero-order valence-corrected chi connectivity index (χ0v) is 19.9. The van der Waals surface area contributed by atoms with E-state index in [0.29, 0.717) is 28.1 Å². The number of amidine groups is 2. The topological polar surface area (TPSA) is 74.1 Å². The number of benzene rings is 3. The van der Waals surface area contributed by atoms with Crippen molar-refractivity contribution in [1.29, 1.82) is 0 Å². The maximum Gasteiger partial charge on any atom is 0.259 e. The molecule has 0 saturated heterocycles. The fourth-order valence-corrected chi connectivity index (χ4v) is 4.99. The highest BCUT2D eigenvalue weighted by Crippen LogP contribution is 2.34. The number of aliphatic imine (C=N–C) groups is 2. The molecular formula is C26H21ClN4O2S. The Morgan fingerprint density at radius 2 is 1.85 bits per heavy atom. The lowest BCUT2D eigenvalue weighted by atomic mass is 10.1. The Morgan fingerprint density at radius 1 is 1.09 bits per heavy atom. The van der Waals surface area contributed by atoms with Crippen LogP contribution in [0, 0.1) is 6.92 Å². The molecule has 0 spiro atoms. The van der Waals surface area contributed by atoms with E-state index in [4.69, 9.17) is 16.6 Å². The summed E-state index contributed by atoms with van der Waals surface area (Å²) >= 11 is 7.44. The molecule has 1 N–H and O–H groups in total. The van der Waals surface area contributed by atoms with Crippen molar-refractivity contribution < 1.29 is 9.59 Å². The molecule has 0 fully saturated rings. The first-order chi connectivity index (χ1) is 16.5. The van der Waals surface area contributed by atoms with Crippen molar-refractivity contribution in [3.8, 4) is 0 Å². The summed E-state index contributed by atoms with van der Waals surface area (Å²) in [5.41, 5.74) is 4.15. The summed E-state index contributed by atoms with van der Waals surface area (Å²) in [6.45, 7) is 1.93. The van der Waals surface area contributed by atoms with Crippen LogP contribution in [-0.4, -0.2) is 39.5 Å². The van der Waals surface area contributed by atoms with Crippen LogP contribution in [0.3, 0.4) is 0 Å². The number of fused-ring (bicyclic) bond motifs is 3. The van der Waals surface area contributed by atoms with Gasteiger partial charge < -0.3 is 5.32 Å². The predicted molar refractivity (Wildman–Crippen MR) is 138 cm³/mol. The number of halogens is 1. The summed E-state index contributed by atoms with van der Waals surface area (Å²) < 4.78 is 0. The molecule has 0 aliphatic carbocycles. The van der Waals surface area contributed by atoms with Gasteiger partial charge in [-0.15, -0.1) is 0 Å². The number of rotatable bonds is 5. The van der Waals surface area contributed by atoms with Gasteiger partial charge >= 0.3 is 0 Å². The molecule has 34 heavy (non-hydrogen) atoms. The van der Waals surface area contributed by atoms with E-state index in [9.17, 15) is 9.59 Å². The average molecular weight is 489 g/mol. The summed E-state index contributed by atoms with van der Waals surface area (Å²) in [7, 11) is 0. The van der Waals surface area contributed by atoms with Crippen LogP contribution in [-0.2, 0) is 16.0 Å². The second kappa shape index (κ2) is 9.44. The van der Waals surface area contributed by atoms with Gasteiger partial charge in [0.15, 0.2) is 5.17 Å². The van der Waals surface area contributed by atoms with Crippen LogP contribution in [0.4, 0.5) is 11.4 Å². The third-order valence-electron chi connectivity index (χ3n) is 5.55. The van der Waals surface area contributed by atoms with Gasteiger partial charge in [-0.25, -0.2) is 9.89 Å². The van der Waals surface area contributed by atoms with Gasteiger partial charge in [0.25, 0.3) is 5.91 Å². The highest BCUT2D eigenvalue weighted by Gasteiger charge is 2.41. The molecule has 2 aliphatic heterocycles. The first-order valence-corrected chi connectivity index (χ1v) is 12.2. The van der Waals surface area contributed by atoms with Crippen LogP contribution in [0.2, 0.25) is 5.02 Å². The van der Waals surface area contributed by atoms with E-state index in [-0.39, 0.29) is 17.6 Å². The van der Waals surface area contributed by atoms with Gasteiger partial charge in [0, 0.05) is 12.0 Å². The molecule has 1 atom stereocenters. The van der Waals surface area contributed by atoms with Crippen LogP contribution in [0.25, 0.3) is 0 Å². The zero-order chi connectivity index (χ0) is 23.7. The smallest absolute Gasteiger partial charge is 0.259 e. The Bertz CT molecular complexity index is 1340. The number of hydrogen-bond acceptors (Lipinski definition) is 5. The lowest BCUT2D eigenvalue weighted by Crippen LogP contribution is -2.41. The summed E-state index contributed by atoms with van der Waals surface area (Å²) in [5.74, 6) is 0.289. The maximum absolute atomic E-state index is 13.4. The normalized spacial score (nSPS) is 16.5. The van der Waals surface area contributed by atoms with Crippen molar-refractivity contribution in [3.63, 3.8) is 0 Å². The number of carbonyl (C=O) groups is 2. The van der Waals surface area contributed by atoms with Crippen LogP contribution in [0.1, 0.15) is 16.7 Å². The fourth-order valence-electron chi connectivity index (χ4n) is 3.91. The van der Waals surface area contributed by atoms with Gasteiger partial charge in [-0.05, 0) is 42.3 Å². The average Bonchev–Trinajstić information content (AvgIpc) is 3.16. The maximum atomic E-state index is 13.4. The molecule has 3 aromatic rings. The summed E-state index contributed by atoms with van der Waals surface area (Å²) in [5, 5.41) is 3.76. The number of aryl methyl sites for hydroxylation is 1. The number of nitrogens with one attached hydrogen (secondary N) is 1. The van der Waals surface area contributed by atoms with E-state index in [1.807, 2.05) is 67.6 Å². The summed E-state index contributed by atoms with van der Waals surface area (Å²) in [4.78, 5) is 37.0. The van der Waals surface area contributed by atoms with Gasteiger partial charge in [0.2, 0.25) is 5.91 Å². The quantitative estimate of drug-likeness (QED) is 0.535. The zero-order valence-electron chi connectivity index (χ0n) is 18.4. The Balaban J connectivity index is 1.36. The molecule has 2 heterocycles. The third kappa shape index (κ3) is 4.49. The number of anilines is 1. The number of nitrogens with zero attached hydrogens (tertiary/aromatic N) is 3. The summed E-state index contributed by atoms with van der Waals surface area (Å²) in [6, 6.07) is 22.3. The molecule has 2 amide bonds. The highest BCUT2D eigenvalue weighted by molar-refractivity contribution is 8.14. The molecule has 6 nitrogen and oxygen atoms in total. The molecule has 0 bridgehead atoms. The highest BCUT2D eigenvalue weighted by atomic mass is 35.5. The minimum atomic E-state index is -0.533. The van der Waals surface area contributed by atoms with Crippen molar-refractivity contribution in [2.45, 2.75) is 19.4 Å². The molecule has 0 radical (unpaired) electrons. The predicted octanol–water partition coefficient (Wildman–Crippen LogP) is 5.22. The molecule has 170 valence electrons. The SMILES string of the molecule is Cc1ccc(NC(=O)CSC2=Nc3ccccc3C3=N[C@@H](Cc4ccccc4)C(=O)N23)c(Cl)c1. The Labute approximate surface area is 206 Å². The standard InChI is InChI=1S/C26H21ClN4O2S/c1-16-11-12-21(19(27)13-16)28-23(32)15-34-26-30-20-10-6-5-9-18(20)24-29-22(25(33)31(24)26)14-17-7-3-2-4-8-17/h2-13,22H,14-15H2,1H3,(H,28,32)/t22-/m0/s1. The number of amides is 2. The lowest BCUT2D eigenvalue weighted by molar-refractivity contribution is -0.124. The van der Waals surface area contributed by atoms with Crippen LogP contribution in [0.5, 0.6) is 0 Å². The first kappa shape index (κ1) is 22.4. The Morgan fingerprint density at radius 3 is 2.65 bits per heavy atom. The molecule has 0 saturated carbocycles. The van der Waals surface area contributed by atoms with E-state index in [0.717, 1.165) is 22.4 Å². The first-order valence-electron chi connectivity index (χ1n) is 10.8. The third-order valence-corrected chi connectivity index (χ3v) is 6.80. The Hall–Kier alpha value is -3.42. The molecule has 0 unspecified atom stereocenters. The monoisotopic (exact) mass is 488 g/mol. The molecule has 5 rings (SSSR count). The van der Waals surface area contributed by atoms with Crippen molar-refractivity contribution in [1.82, 2.24) is 4.90 Å². The van der Waals surface area contributed by atoms with Crippen molar-refractivity contribution in [2.24, 2.45) is 9.98 Å². The molecule has 8 heteroatoms. The molecule has 0 aromatic heterocycles. The van der Waals surface area contributed by atoms with E-state index < -0.39 is 6.04 Å². The molecule has 3 aromatic carbocycles. The summed E-state index contributed by atoms with van der Waals surface area (Å²) in [6.07, 6.45) is 0.506. The number of hydrogen-bond donors (Lipinski definition) is 1. The van der Waals surface area contributed by atoms with Crippen molar-refractivity contribution in [2.75, 3.05) is 11.1 Å². The van der Waals surface area contributed by atoms with Gasteiger partial charge in [-0.3, -0.25) is 14.6 Å². The van der Waals surface area contributed by atoms with Crippen LogP contribution < -0.4 is 5.32 Å². The number of para-hydroxylation sites is 1. The van der Waals surface area contributed by atoms with E-state index in [1.165, 1.54) is 11.8 Å². The minimum Gasteiger partial charge on any atom is -0.324 e. The lowest BCUT2D eigenvalue weighted by Gasteiger charge is -2.25. The minimum absolute atomic E-state index is 0.0750. The van der Waals surface area contributed by atoms with Gasteiger partial charge in [-0.2, -0.15) is 0 Å². The molecule has 2 aliphatic rings. The Kier molecular flexibility index (Phi) is 6.22. The van der Waals surface area contributed by atoms with E-state index >= 15 is 0 Å². The molecular weight excluding hydrogens is 468 g/mol. The largest absolute Gasteiger partial charge is 0.324 e. The number of carbonyl (C=O) groups excluding carboxylic acids is 2. The van der Waals surface area contributed by atoms with Crippen LogP contribution in [0.15, 0.2) is 82.8 Å². The van der Waals surface area contributed by atoms with Gasteiger partial charge in [0.05, 0.1) is 22.2 Å². The van der Waals surface area contributed by atoms with Crippen molar-refractivity contribution >= 4 is 57.6 Å². The van der Waals surface area contributed by atoms with Crippen molar-refractivity contribution in [3.05, 3.63) is 94.5 Å². The second-order valence-electron chi connectivity index (χ2n) is 8.06. The second-order valence-corrected chi connectivity index (χ2v) is 9.41. The van der Waals surface area contributed by atoms with E-state index in [1.54, 1.807) is 17.0 Å². The number of thioether (sulfide) groups is 1. The van der Waals surface area contributed by atoms with Crippen LogP contribution >= 0.6 is 23.4 Å². The fraction of sp³-hybridized carbons (Fsp3) is 0.154. The van der Waals surface area contributed by atoms with Gasteiger partial charge in [0.1, 0.15) is 11.9 Å². The van der Waals surface area contributed by atoms with E-state index in [2.05, 4.69) is 10.3 Å². The van der Waals surface area contributed by atoms with Gasteiger partial charge in [-0.1, -0.05) is 71.9 Å².